The summed E-state index contributed by atoms with van der Waals surface area (Å²) in [6, 6.07) is -28.5. The lowest BCUT2D eigenvalue weighted by atomic mass is 9.86. The van der Waals surface area contributed by atoms with Crippen LogP contribution in [0.25, 0.3) is 99.2 Å². The molecular weight excluding hydrogens is 629 g/mol. The molecule has 1 heterocycles. The van der Waals surface area contributed by atoms with Gasteiger partial charge in [-0.1, -0.05) is 181 Å². The maximum absolute atomic E-state index is 9.98. The van der Waals surface area contributed by atoms with Gasteiger partial charge in [-0.3, -0.25) is 0 Å². The van der Waals surface area contributed by atoms with Crippen molar-refractivity contribution in [3.63, 3.8) is 0 Å². The van der Waals surface area contributed by atoms with Crippen LogP contribution >= 0.6 is 0 Å². The largest absolute Gasteiger partial charge is 0.228 e. The van der Waals surface area contributed by atoms with Gasteiger partial charge in [-0.05, 0) is 77.5 Å². The highest BCUT2D eigenvalue weighted by molar-refractivity contribution is 6.23. The van der Waals surface area contributed by atoms with Gasteiger partial charge in [0.1, 0.15) is 0 Å². The first-order chi connectivity index (χ1) is 38.7. The van der Waals surface area contributed by atoms with Crippen LogP contribution in [0.4, 0.5) is 0 Å². The molecule has 0 spiro atoms. The third kappa shape index (κ3) is 5.12. The number of rotatable bonds is 5. The Labute approximate surface area is 345 Å². The molecule has 242 valence electrons. The summed E-state index contributed by atoms with van der Waals surface area (Å²) < 4.78 is 277. The zero-order valence-electron chi connectivity index (χ0n) is 57.0. The average Bonchev–Trinajstić information content (AvgIpc) is 2.04. The fraction of sp³-hybridized carbons (Fsp3) is 0. The summed E-state index contributed by atoms with van der Waals surface area (Å²) in [5.74, 6) is -0.873. The minimum Gasteiger partial charge on any atom is -0.228 e. The first-order valence-electron chi connectivity index (χ1n) is 30.7. The third-order valence-electron chi connectivity index (χ3n) is 8.02. The van der Waals surface area contributed by atoms with E-state index in [0.29, 0.717) is 0 Å². The molecule has 0 aliphatic carbocycles. The molecule has 9 aromatic carbocycles. The number of nitrogens with zero attached hydrogens (tertiary/aromatic N) is 2. The van der Waals surface area contributed by atoms with Crippen molar-refractivity contribution in [2.75, 3.05) is 0 Å². The van der Waals surface area contributed by atoms with E-state index < -0.39 is 287 Å². The van der Waals surface area contributed by atoms with E-state index in [9.17, 15) is 13.7 Å². The molecule has 0 aliphatic heterocycles. The van der Waals surface area contributed by atoms with E-state index in [1.54, 1.807) is 0 Å². The van der Waals surface area contributed by atoms with Crippen LogP contribution in [0.5, 0.6) is 0 Å². The first-order valence-corrected chi connectivity index (χ1v) is 15.2. The quantitative estimate of drug-likeness (QED) is 0.133. The second-order valence-electron chi connectivity index (χ2n) is 11.0. The summed E-state index contributed by atoms with van der Waals surface area (Å²) >= 11 is 0. The van der Waals surface area contributed by atoms with E-state index in [1.807, 2.05) is 0 Å². The Morgan fingerprint density at radius 1 is 0.327 bits per heavy atom. The summed E-state index contributed by atoms with van der Waals surface area (Å²) in [5, 5.41) is -5.42. The highest BCUT2D eigenvalue weighted by Crippen LogP contribution is 2.44. The topological polar surface area (TPSA) is 25.8 Å². The normalized spacial score (nSPS) is 19.8. The SMILES string of the molecule is [2H]c1c([2H])c([2H])c(-c2nc(-c3c([2H])c([2H])c(-c4c([2H])c([2H])c([2H])c([2H])c4[2H])c([2H])c3[2H])cc(-c3c([2H])c([2H])c(-c4c5c([2H])c([2H])c([2H])c([2H])c5c([2H])c5c4c([2H])c([2H])c4c([2H])c([2H])c([2H])c([2H])c45)c4c([2H])c([2H])c([2H])c([2H])c34)n2)c([2H])c1[2H]. The van der Waals surface area contributed by atoms with Crippen LogP contribution in [0.3, 0.4) is 0 Å². The van der Waals surface area contributed by atoms with Gasteiger partial charge in [0.25, 0.3) is 0 Å². The van der Waals surface area contributed by atoms with Gasteiger partial charge in [-0.15, -0.1) is 0 Å². The Bertz CT molecular complexity index is 4660. The molecular formula is C50H32N2. The second-order valence-corrected chi connectivity index (χ2v) is 11.0. The molecule has 0 saturated heterocycles. The van der Waals surface area contributed by atoms with Crippen molar-refractivity contribution >= 4 is 43.1 Å². The van der Waals surface area contributed by atoms with Crippen LogP contribution in [0.15, 0.2) is 193 Å². The molecule has 0 radical (unpaired) electrons. The molecule has 0 atom stereocenters. The van der Waals surface area contributed by atoms with E-state index in [-0.39, 0.29) is 0 Å². The summed E-state index contributed by atoms with van der Waals surface area (Å²) in [6.07, 6.45) is 0. The number of benzene rings is 9. The van der Waals surface area contributed by atoms with Crippen molar-refractivity contribution in [2.45, 2.75) is 0 Å². The molecule has 0 saturated carbocycles. The monoisotopic (exact) mass is 691 g/mol. The summed E-state index contributed by atoms with van der Waals surface area (Å²) in [7, 11) is 0. The molecule has 10 aromatic rings. The lowest BCUT2D eigenvalue weighted by molar-refractivity contribution is 1.18. The molecule has 0 aliphatic rings. The van der Waals surface area contributed by atoms with Gasteiger partial charge in [0.05, 0.1) is 53.9 Å². The third-order valence-corrected chi connectivity index (χ3v) is 8.02. The zero-order chi connectivity index (χ0) is 61.4. The molecule has 10 rings (SSSR count). The number of hydrogen-bond donors (Lipinski definition) is 0. The van der Waals surface area contributed by atoms with E-state index in [1.165, 1.54) is 0 Å². The van der Waals surface area contributed by atoms with E-state index in [2.05, 4.69) is 9.97 Å². The Morgan fingerprint density at radius 3 is 1.62 bits per heavy atom. The first kappa shape index (κ1) is 12.1. The van der Waals surface area contributed by atoms with Crippen molar-refractivity contribution in [1.82, 2.24) is 9.97 Å². The van der Waals surface area contributed by atoms with Crippen molar-refractivity contribution in [3.8, 4) is 56.2 Å². The molecule has 1 aromatic heterocycles. The van der Waals surface area contributed by atoms with Gasteiger partial charge in [0.15, 0.2) is 5.82 Å². The molecule has 0 amide bonds. The summed E-state index contributed by atoms with van der Waals surface area (Å²) in [4.78, 5) is 8.85. The van der Waals surface area contributed by atoms with Gasteiger partial charge in [0.2, 0.25) is 0 Å². The van der Waals surface area contributed by atoms with Gasteiger partial charge in [-0.2, -0.15) is 0 Å². The molecule has 2 heteroatoms. The molecule has 0 bridgehead atoms. The lowest BCUT2D eigenvalue weighted by Crippen LogP contribution is -1.97. The minimum atomic E-state index is -1.11. The molecule has 0 fully saturated rings. The maximum Gasteiger partial charge on any atom is 0.160 e. The Kier molecular flexibility index (Phi) is 2.90. The number of aromatic nitrogens is 2. The van der Waals surface area contributed by atoms with Gasteiger partial charge < -0.3 is 0 Å². The van der Waals surface area contributed by atoms with Crippen LogP contribution in [-0.2, 0) is 0 Å². The fourth-order valence-corrected chi connectivity index (χ4v) is 5.75. The Hall–Kier alpha value is -6.90. The molecule has 52 heavy (non-hydrogen) atoms. The van der Waals surface area contributed by atoms with E-state index in [4.69, 9.17) is 28.8 Å². The van der Waals surface area contributed by atoms with Crippen LogP contribution in [-0.4, -0.2) is 9.97 Å². The van der Waals surface area contributed by atoms with E-state index in [0.717, 1.165) is 6.07 Å². The smallest absolute Gasteiger partial charge is 0.160 e. The van der Waals surface area contributed by atoms with Crippen molar-refractivity contribution < 1.29 is 42.5 Å². The van der Waals surface area contributed by atoms with Crippen LogP contribution in [0.2, 0.25) is 0 Å². The van der Waals surface area contributed by atoms with Crippen LogP contribution < -0.4 is 0 Å². The highest BCUT2D eigenvalue weighted by atomic mass is 14.9. The van der Waals surface area contributed by atoms with Gasteiger partial charge >= 0.3 is 0 Å². The van der Waals surface area contributed by atoms with Crippen LogP contribution in [0, 0.1) is 0 Å². The Balaban J connectivity index is 1.45. The molecule has 0 unspecified atom stereocenters. The molecule has 0 N–H and O–H groups in total. The molecule has 2 nitrogen and oxygen atoms in total. The highest BCUT2D eigenvalue weighted by Gasteiger charge is 2.18. The zero-order valence-corrected chi connectivity index (χ0v) is 26.0. The minimum absolute atomic E-state index is 0.586. The van der Waals surface area contributed by atoms with Crippen molar-refractivity contribution in [2.24, 2.45) is 0 Å². The van der Waals surface area contributed by atoms with E-state index >= 15 is 0 Å². The number of hydrogen-bond acceptors (Lipinski definition) is 2. The van der Waals surface area contributed by atoms with Gasteiger partial charge in [0, 0.05) is 16.7 Å². The fourth-order valence-electron chi connectivity index (χ4n) is 5.75. The van der Waals surface area contributed by atoms with Crippen LogP contribution in [0.1, 0.15) is 42.5 Å². The number of fused-ring (bicyclic) bond motifs is 5. The average molecular weight is 692 g/mol. The maximum atomic E-state index is 9.98. The summed E-state index contributed by atoms with van der Waals surface area (Å²) in [6.45, 7) is 0. The Morgan fingerprint density at radius 2 is 0.865 bits per heavy atom. The van der Waals surface area contributed by atoms with Crippen molar-refractivity contribution in [3.05, 3.63) is 193 Å². The predicted octanol–water partition coefficient (Wildman–Crippen LogP) is 13.4. The van der Waals surface area contributed by atoms with Crippen molar-refractivity contribution in [1.29, 1.82) is 0 Å². The second kappa shape index (κ2) is 12.5. The van der Waals surface area contributed by atoms with Gasteiger partial charge in [-0.25, -0.2) is 9.97 Å². The predicted molar refractivity (Wildman–Crippen MR) is 219 cm³/mol. The summed E-state index contributed by atoms with van der Waals surface area (Å²) in [5.41, 5.74) is -6.83. The standard InChI is InChI=1S/C50H32N2/c1-3-13-33(14-4-1)34-23-25-36(26-24-34)47-32-48(52-50(51-47)37-16-5-2-6-17-37)43-29-30-44(42-22-12-11-21-41(42)43)49-40-20-10-8-18-38(40)31-46-39-19-9-7-15-35(39)27-28-45(46)49/h1-32H/i1D,2D,3D,4D,5D,6D,7D,8D,9D,10D,11D,12D,13D,14D,15D,16D,17D,18D,19D,20D,21D,22D,23D,24D,25D,26D,27D,28D,29D,30D,31D. The lowest BCUT2D eigenvalue weighted by Gasteiger charge is -2.17.